The fraction of sp³-hybridized carbons (Fsp3) is 0.233. The first kappa shape index (κ1) is 22.7. The van der Waals surface area contributed by atoms with Gasteiger partial charge in [0.15, 0.2) is 5.65 Å². The zero-order valence-electron chi connectivity index (χ0n) is 20.6. The Balaban J connectivity index is 1.47. The molecule has 0 radical (unpaired) electrons. The minimum atomic E-state index is -1.01. The number of nitrogens with one attached hydrogen (secondary N) is 2. The number of benzene rings is 3. The van der Waals surface area contributed by atoms with Crippen LogP contribution >= 0.6 is 0 Å². The summed E-state index contributed by atoms with van der Waals surface area (Å²) in [6.07, 6.45) is 3.69. The van der Waals surface area contributed by atoms with Crippen LogP contribution in [0.2, 0.25) is 0 Å². The molecule has 1 amide bonds. The second kappa shape index (κ2) is 8.55. The molecule has 7 nitrogen and oxygen atoms in total. The number of anilines is 1. The van der Waals surface area contributed by atoms with E-state index in [4.69, 9.17) is 10.1 Å². The number of hydrogen-bond donors (Lipinski definition) is 3. The third kappa shape index (κ3) is 3.75. The van der Waals surface area contributed by atoms with Crippen molar-refractivity contribution in [3.8, 4) is 22.4 Å². The summed E-state index contributed by atoms with van der Waals surface area (Å²) in [7, 11) is 0. The number of fused-ring (bicyclic) bond motifs is 3. The molecule has 2 aliphatic rings. The number of amides is 1. The van der Waals surface area contributed by atoms with Crippen LogP contribution < -0.4 is 10.6 Å². The summed E-state index contributed by atoms with van der Waals surface area (Å²) in [6, 6.07) is 23.0. The van der Waals surface area contributed by atoms with E-state index < -0.39 is 11.6 Å². The van der Waals surface area contributed by atoms with Crippen LogP contribution in [0.5, 0.6) is 0 Å². The largest absolute Gasteiger partial charge is 0.465 e. The zero-order valence-corrected chi connectivity index (χ0v) is 20.6. The van der Waals surface area contributed by atoms with E-state index in [0.29, 0.717) is 22.6 Å². The van der Waals surface area contributed by atoms with Gasteiger partial charge in [-0.05, 0) is 61.4 Å². The standard InChI is InChI=1S/C30H26FN5O2/c31-21-11-14-24-23(17-21)27-33-26(19-7-9-20(10-8-19)30(15-4-16-30)34-29(37)38)25(18-5-2-1-3-6-18)28(36(27)35-24)32-22-12-13-22/h1-3,5-11,14,17,22,32,34H,4,12-13,15-16H2,(H,37,38). The Morgan fingerprint density at radius 3 is 2.42 bits per heavy atom. The Morgan fingerprint density at radius 1 is 1.00 bits per heavy atom. The zero-order chi connectivity index (χ0) is 25.9. The van der Waals surface area contributed by atoms with Crippen LogP contribution in [0, 0.1) is 5.82 Å². The summed E-state index contributed by atoms with van der Waals surface area (Å²) in [5.41, 5.74) is 5.25. The highest BCUT2D eigenvalue weighted by molar-refractivity contribution is 5.98. The molecule has 0 saturated heterocycles. The summed E-state index contributed by atoms with van der Waals surface area (Å²) in [4.78, 5) is 16.6. The van der Waals surface area contributed by atoms with Gasteiger partial charge in [-0.3, -0.25) is 0 Å². The monoisotopic (exact) mass is 507 g/mol. The van der Waals surface area contributed by atoms with E-state index in [-0.39, 0.29) is 5.82 Å². The third-order valence-corrected chi connectivity index (χ3v) is 7.76. The van der Waals surface area contributed by atoms with Crippen molar-refractivity contribution < 1.29 is 14.3 Å². The Bertz CT molecular complexity index is 1690. The van der Waals surface area contributed by atoms with Crippen LogP contribution in [-0.4, -0.2) is 31.8 Å². The van der Waals surface area contributed by atoms with Gasteiger partial charge in [-0.2, -0.15) is 9.61 Å². The highest BCUT2D eigenvalue weighted by atomic mass is 19.1. The molecular formula is C30H26FN5O2. The van der Waals surface area contributed by atoms with Crippen LogP contribution in [0.15, 0.2) is 72.8 Å². The van der Waals surface area contributed by atoms with Crippen molar-refractivity contribution in [2.45, 2.75) is 43.7 Å². The van der Waals surface area contributed by atoms with Gasteiger partial charge in [0.05, 0.1) is 22.3 Å². The fourth-order valence-electron chi connectivity index (χ4n) is 5.50. The minimum absolute atomic E-state index is 0.333. The third-order valence-electron chi connectivity index (χ3n) is 7.76. The summed E-state index contributed by atoms with van der Waals surface area (Å²) in [6.45, 7) is 0. The number of halogens is 1. The number of carboxylic acid groups (broad SMARTS) is 1. The first-order valence-corrected chi connectivity index (χ1v) is 13.0. The quantitative estimate of drug-likeness (QED) is 0.242. The lowest BCUT2D eigenvalue weighted by Crippen LogP contribution is -2.50. The molecule has 2 fully saturated rings. The predicted molar refractivity (Wildman–Crippen MR) is 145 cm³/mol. The van der Waals surface area contributed by atoms with Gasteiger partial charge in [-0.15, -0.1) is 0 Å². The van der Waals surface area contributed by atoms with E-state index in [1.165, 1.54) is 12.1 Å². The summed E-state index contributed by atoms with van der Waals surface area (Å²) < 4.78 is 16.1. The average molecular weight is 508 g/mol. The van der Waals surface area contributed by atoms with Crippen molar-refractivity contribution in [3.63, 3.8) is 0 Å². The van der Waals surface area contributed by atoms with Crippen molar-refractivity contribution >= 4 is 28.5 Å². The molecule has 0 bridgehead atoms. The SMILES string of the molecule is O=C(O)NC1(c2ccc(-c3nc4c5cc(F)ccc5nn4c(NC4CC4)c3-c3ccccc3)cc2)CCC1. The number of hydrogen-bond acceptors (Lipinski definition) is 4. The van der Waals surface area contributed by atoms with Gasteiger partial charge in [0.1, 0.15) is 11.6 Å². The number of nitrogens with zero attached hydrogens (tertiary/aromatic N) is 3. The molecule has 190 valence electrons. The molecule has 2 heterocycles. The van der Waals surface area contributed by atoms with E-state index >= 15 is 0 Å². The smallest absolute Gasteiger partial charge is 0.405 e. The van der Waals surface area contributed by atoms with E-state index in [2.05, 4.69) is 22.8 Å². The lowest BCUT2D eigenvalue weighted by Gasteiger charge is -2.42. The molecular weight excluding hydrogens is 481 g/mol. The molecule has 2 aromatic heterocycles. The first-order chi connectivity index (χ1) is 18.5. The van der Waals surface area contributed by atoms with Crippen LogP contribution in [-0.2, 0) is 5.54 Å². The van der Waals surface area contributed by atoms with Crippen LogP contribution in [0.4, 0.5) is 15.0 Å². The van der Waals surface area contributed by atoms with Gasteiger partial charge in [0.2, 0.25) is 0 Å². The number of rotatable bonds is 6. The second-order valence-corrected chi connectivity index (χ2v) is 10.3. The average Bonchev–Trinajstić information content (AvgIpc) is 3.65. The van der Waals surface area contributed by atoms with Gasteiger partial charge >= 0.3 is 6.09 Å². The molecule has 2 aliphatic carbocycles. The molecule has 2 saturated carbocycles. The minimum Gasteiger partial charge on any atom is -0.465 e. The molecule has 0 atom stereocenters. The van der Waals surface area contributed by atoms with Crippen molar-refractivity contribution in [2.24, 2.45) is 0 Å². The van der Waals surface area contributed by atoms with Gasteiger partial charge in [0, 0.05) is 17.0 Å². The molecule has 5 aromatic rings. The van der Waals surface area contributed by atoms with Crippen LogP contribution in [0.25, 0.3) is 38.9 Å². The van der Waals surface area contributed by atoms with E-state index in [1.807, 2.05) is 47.0 Å². The summed E-state index contributed by atoms with van der Waals surface area (Å²) >= 11 is 0. The van der Waals surface area contributed by atoms with Crippen LogP contribution in [0.3, 0.4) is 0 Å². The molecule has 3 aromatic carbocycles. The summed E-state index contributed by atoms with van der Waals surface area (Å²) in [5, 5.41) is 21.3. The van der Waals surface area contributed by atoms with Crippen LogP contribution in [0.1, 0.15) is 37.7 Å². The number of carbonyl (C=O) groups is 1. The fourth-order valence-corrected chi connectivity index (χ4v) is 5.50. The summed E-state index contributed by atoms with van der Waals surface area (Å²) in [5.74, 6) is 0.503. The Hall–Kier alpha value is -4.46. The van der Waals surface area contributed by atoms with Gasteiger partial charge < -0.3 is 15.7 Å². The molecule has 0 aliphatic heterocycles. The second-order valence-electron chi connectivity index (χ2n) is 10.3. The molecule has 7 rings (SSSR count). The lowest BCUT2D eigenvalue weighted by molar-refractivity contribution is 0.144. The van der Waals surface area contributed by atoms with Gasteiger partial charge in [0.25, 0.3) is 0 Å². The van der Waals surface area contributed by atoms with Crippen molar-refractivity contribution in [1.82, 2.24) is 19.9 Å². The first-order valence-electron chi connectivity index (χ1n) is 13.0. The predicted octanol–water partition coefficient (Wildman–Crippen LogP) is 6.58. The normalized spacial score (nSPS) is 16.3. The molecule has 3 N–H and O–H groups in total. The number of aromatic nitrogens is 3. The highest BCUT2D eigenvalue weighted by Gasteiger charge is 2.40. The van der Waals surface area contributed by atoms with E-state index in [1.54, 1.807) is 6.07 Å². The van der Waals surface area contributed by atoms with Crippen molar-refractivity contribution in [2.75, 3.05) is 5.32 Å². The molecule has 0 spiro atoms. The maximum atomic E-state index is 14.3. The van der Waals surface area contributed by atoms with E-state index in [9.17, 15) is 14.3 Å². The maximum Gasteiger partial charge on any atom is 0.405 e. The Labute approximate surface area is 218 Å². The van der Waals surface area contributed by atoms with Gasteiger partial charge in [-0.1, -0.05) is 54.6 Å². The van der Waals surface area contributed by atoms with Crippen molar-refractivity contribution in [1.29, 1.82) is 0 Å². The Kier molecular flexibility index (Phi) is 5.11. The maximum absolute atomic E-state index is 14.3. The highest BCUT2D eigenvalue weighted by Crippen LogP contribution is 2.44. The van der Waals surface area contributed by atoms with E-state index in [0.717, 1.165) is 65.9 Å². The van der Waals surface area contributed by atoms with Gasteiger partial charge in [-0.25, -0.2) is 14.2 Å². The topological polar surface area (TPSA) is 91.5 Å². The molecule has 38 heavy (non-hydrogen) atoms. The Morgan fingerprint density at radius 2 is 1.76 bits per heavy atom. The molecule has 0 unspecified atom stereocenters. The molecule has 8 heteroatoms. The lowest BCUT2D eigenvalue weighted by atomic mass is 9.71. The van der Waals surface area contributed by atoms with Crippen molar-refractivity contribution in [3.05, 3.63) is 84.2 Å².